The van der Waals surface area contributed by atoms with E-state index >= 15 is 0 Å². The van der Waals surface area contributed by atoms with Gasteiger partial charge in [-0.3, -0.25) is 0 Å². The van der Waals surface area contributed by atoms with Crippen LogP contribution >= 0.6 is 0 Å². The van der Waals surface area contributed by atoms with Gasteiger partial charge in [-0.05, 0) is 103 Å². The van der Waals surface area contributed by atoms with Crippen molar-refractivity contribution in [2.45, 2.75) is 41.5 Å². The van der Waals surface area contributed by atoms with E-state index in [9.17, 15) is 0 Å². The lowest BCUT2D eigenvalue weighted by molar-refractivity contribution is 0.304. The van der Waals surface area contributed by atoms with Gasteiger partial charge >= 0.3 is 7.32 Å². The Bertz CT molecular complexity index is 1840. The number of hydrogen-bond acceptors (Lipinski definition) is 3. The minimum absolute atomic E-state index is 0.688. The molecule has 0 unspecified atom stereocenters. The molecule has 0 saturated carbocycles. The SMILES string of the molecule is Cc1cc(C)c(OB(Oc2ccccc2-c2cc3ccccc3c3ccccc23)Oc2c(C)cc(C)cc2C)c(C)c1. The van der Waals surface area contributed by atoms with Crippen molar-refractivity contribution in [2.24, 2.45) is 0 Å². The van der Waals surface area contributed by atoms with Crippen molar-refractivity contribution in [2.75, 3.05) is 0 Å². The van der Waals surface area contributed by atoms with Gasteiger partial charge in [-0.1, -0.05) is 102 Å². The second-order valence-electron chi connectivity index (χ2n) is 11.3. The predicted octanol–water partition coefficient (Wildman–Crippen LogP) is 10.0. The molecule has 4 heteroatoms. The summed E-state index contributed by atoms with van der Waals surface area (Å²) in [4.78, 5) is 0. The minimum Gasteiger partial charge on any atom is -0.489 e. The molecule has 3 nitrogen and oxygen atoms in total. The van der Waals surface area contributed by atoms with Gasteiger partial charge in [0.25, 0.3) is 0 Å². The first-order chi connectivity index (χ1) is 20.3. The summed E-state index contributed by atoms with van der Waals surface area (Å²) in [5.74, 6) is 2.22. The van der Waals surface area contributed by atoms with Gasteiger partial charge in [0.2, 0.25) is 0 Å². The highest BCUT2D eigenvalue weighted by Gasteiger charge is 2.33. The smallest absolute Gasteiger partial charge is 0.489 e. The first-order valence-corrected chi connectivity index (χ1v) is 14.4. The second kappa shape index (κ2) is 11.3. The van der Waals surface area contributed by atoms with E-state index in [0.29, 0.717) is 5.75 Å². The Balaban J connectivity index is 1.47. The maximum Gasteiger partial charge on any atom is 0.864 e. The Morgan fingerprint density at radius 2 is 0.905 bits per heavy atom. The van der Waals surface area contributed by atoms with Crippen molar-refractivity contribution in [3.8, 4) is 28.4 Å². The average Bonchev–Trinajstić information content (AvgIpc) is 2.96. The molecule has 0 saturated heterocycles. The Morgan fingerprint density at radius 3 is 1.50 bits per heavy atom. The molecule has 0 bridgehead atoms. The number of fused-ring (bicyclic) bond motifs is 3. The largest absolute Gasteiger partial charge is 0.864 e. The molecule has 0 radical (unpaired) electrons. The Morgan fingerprint density at radius 1 is 0.429 bits per heavy atom. The van der Waals surface area contributed by atoms with E-state index in [0.717, 1.165) is 44.9 Å². The van der Waals surface area contributed by atoms with Crippen molar-refractivity contribution in [1.82, 2.24) is 0 Å². The topological polar surface area (TPSA) is 27.7 Å². The fraction of sp³-hybridized carbons (Fsp3) is 0.158. The standard InChI is InChI=1S/C38H35BO3/c1-24-19-26(3)37(27(4)20-24)41-39(42-38-28(5)21-25(2)22-29(38)6)40-36-18-12-11-17-34(36)35-23-30-13-7-8-14-31(30)32-15-9-10-16-33(32)35/h7-23H,1-6H3. The lowest BCUT2D eigenvalue weighted by Gasteiger charge is -2.23. The quantitative estimate of drug-likeness (QED) is 0.146. The summed E-state index contributed by atoms with van der Waals surface area (Å²) in [6, 6.07) is 35.9. The van der Waals surface area contributed by atoms with Crippen molar-refractivity contribution in [3.63, 3.8) is 0 Å². The van der Waals surface area contributed by atoms with Crippen LogP contribution in [0, 0.1) is 41.5 Å². The lowest BCUT2D eigenvalue weighted by Crippen LogP contribution is -2.38. The molecule has 6 aromatic rings. The fourth-order valence-electron chi connectivity index (χ4n) is 6.14. The summed E-state index contributed by atoms with van der Waals surface area (Å²) < 4.78 is 19.9. The summed E-state index contributed by atoms with van der Waals surface area (Å²) >= 11 is 0. The Labute approximate surface area is 248 Å². The van der Waals surface area contributed by atoms with E-state index in [2.05, 4.69) is 126 Å². The van der Waals surface area contributed by atoms with E-state index in [-0.39, 0.29) is 0 Å². The summed E-state index contributed by atoms with van der Waals surface area (Å²) in [5.41, 5.74) is 8.61. The van der Waals surface area contributed by atoms with Crippen LogP contribution in [0.2, 0.25) is 0 Å². The van der Waals surface area contributed by atoms with Gasteiger partial charge < -0.3 is 14.0 Å². The van der Waals surface area contributed by atoms with E-state index in [1.54, 1.807) is 0 Å². The third-order valence-corrected chi connectivity index (χ3v) is 7.81. The molecule has 42 heavy (non-hydrogen) atoms. The maximum absolute atomic E-state index is 6.70. The molecule has 0 aliphatic carbocycles. The zero-order chi connectivity index (χ0) is 29.4. The zero-order valence-electron chi connectivity index (χ0n) is 25.1. The van der Waals surface area contributed by atoms with E-state index in [1.807, 2.05) is 18.2 Å². The molecule has 0 aliphatic heterocycles. The monoisotopic (exact) mass is 550 g/mol. The number of rotatable bonds is 7. The third-order valence-electron chi connectivity index (χ3n) is 7.81. The molecule has 0 amide bonds. The highest BCUT2D eigenvalue weighted by Crippen LogP contribution is 2.39. The van der Waals surface area contributed by atoms with Crippen molar-refractivity contribution < 1.29 is 14.0 Å². The molecule has 0 atom stereocenters. The van der Waals surface area contributed by atoms with Gasteiger partial charge in [0, 0.05) is 5.56 Å². The normalized spacial score (nSPS) is 11.1. The molecule has 0 spiro atoms. The molecule has 0 fully saturated rings. The summed E-state index contributed by atoms with van der Waals surface area (Å²) in [7, 11) is -1.02. The van der Waals surface area contributed by atoms with Crippen LogP contribution in [0.3, 0.4) is 0 Å². The zero-order valence-corrected chi connectivity index (χ0v) is 25.1. The summed E-state index contributed by atoms with van der Waals surface area (Å²) in [6.07, 6.45) is 0. The van der Waals surface area contributed by atoms with Crippen LogP contribution in [0.15, 0.2) is 103 Å². The average molecular weight is 551 g/mol. The van der Waals surface area contributed by atoms with Gasteiger partial charge in [-0.2, -0.15) is 0 Å². The van der Waals surface area contributed by atoms with Crippen LogP contribution in [0.4, 0.5) is 0 Å². The van der Waals surface area contributed by atoms with Gasteiger partial charge in [-0.15, -0.1) is 0 Å². The predicted molar refractivity (Wildman–Crippen MR) is 176 cm³/mol. The van der Waals surface area contributed by atoms with Crippen LogP contribution < -0.4 is 14.0 Å². The van der Waals surface area contributed by atoms with Crippen LogP contribution in [0.5, 0.6) is 17.2 Å². The van der Waals surface area contributed by atoms with Crippen LogP contribution in [-0.4, -0.2) is 7.32 Å². The first kappa shape index (κ1) is 27.5. The van der Waals surface area contributed by atoms with E-state index < -0.39 is 7.32 Å². The molecule has 0 aliphatic rings. The van der Waals surface area contributed by atoms with Crippen molar-refractivity contribution in [1.29, 1.82) is 0 Å². The van der Waals surface area contributed by atoms with Gasteiger partial charge in [-0.25, -0.2) is 0 Å². The molecule has 0 N–H and O–H groups in total. The molecule has 208 valence electrons. The molecule has 6 rings (SSSR count). The Hall–Kier alpha value is -4.70. The van der Waals surface area contributed by atoms with Crippen LogP contribution in [0.1, 0.15) is 33.4 Å². The lowest BCUT2D eigenvalue weighted by atomic mass is 9.93. The van der Waals surface area contributed by atoms with E-state index in [4.69, 9.17) is 14.0 Å². The van der Waals surface area contributed by atoms with Crippen molar-refractivity contribution >= 4 is 28.9 Å². The number of benzene rings is 6. The van der Waals surface area contributed by atoms with E-state index in [1.165, 1.54) is 32.7 Å². The summed E-state index contributed by atoms with van der Waals surface area (Å²) in [5, 5.41) is 4.79. The maximum atomic E-state index is 6.70. The second-order valence-corrected chi connectivity index (χ2v) is 11.3. The summed E-state index contributed by atoms with van der Waals surface area (Å²) in [6.45, 7) is 12.4. The van der Waals surface area contributed by atoms with Crippen LogP contribution in [-0.2, 0) is 0 Å². The molecular weight excluding hydrogens is 515 g/mol. The van der Waals surface area contributed by atoms with Crippen molar-refractivity contribution in [3.05, 3.63) is 137 Å². The molecule has 0 heterocycles. The number of para-hydroxylation sites is 1. The highest BCUT2D eigenvalue weighted by molar-refractivity contribution is 6.40. The molecule has 0 aromatic heterocycles. The van der Waals surface area contributed by atoms with Gasteiger partial charge in [0.15, 0.2) is 0 Å². The molecule has 6 aromatic carbocycles. The number of hydrogen-bond donors (Lipinski definition) is 0. The minimum atomic E-state index is -1.02. The number of aryl methyl sites for hydroxylation is 6. The van der Waals surface area contributed by atoms with Crippen LogP contribution in [0.25, 0.3) is 32.7 Å². The first-order valence-electron chi connectivity index (χ1n) is 14.4. The third kappa shape index (κ3) is 5.33. The molecular formula is C38H35BO3. The van der Waals surface area contributed by atoms with Gasteiger partial charge in [0.1, 0.15) is 17.2 Å². The Kier molecular flexibility index (Phi) is 7.39. The van der Waals surface area contributed by atoms with Gasteiger partial charge in [0.05, 0.1) is 0 Å². The highest BCUT2D eigenvalue weighted by atomic mass is 16.7. The fourth-order valence-corrected chi connectivity index (χ4v) is 6.14.